The van der Waals surface area contributed by atoms with Crippen LogP contribution in [0.5, 0.6) is 0 Å². The average Bonchev–Trinajstić information content (AvgIpc) is 2.16. The summed E-state index contributed by atoms with van der Waals surface area (Å²) in [4.78, 5) is 0. The maximum absolute atomic E-state index is 9.69. The lowest BCUT2D eigenvalue weighted by atomic mass is 9.92. The number of rotatable bonds is 4. The van der Waals surface area contributed by atoms with Crippen LogP contribution in [0.15, 0.2) is 0 Å². The number of nitrogens with one attached hydrogen (secondary N) is 1. The fraction of sp³-hybridized carbons (Fsp3) is 1.00. The van der Waals surface area contributed by atoms with Gasteiger partial charge in [0.2, 0.25) is 0 Å². The van der Waals surface area contributed by atoms with Crippen molar-refractivity contribution in [1.29, 1.82) is 0 Å². The van der Waals surface area contributed by atoms with Gasteiger partial charge in [0, 0.05) is 6.04 Å². The van der Waals surface area contributed by atoms with Crippen LogP contribution in [0.1, 0.15) is 46.0 Å². The molecule has 0 unspecified atom stereocenters. The Morgan fingerprint density at radius 3 is 2.69 bits per heavy atom. The lowest BCUT2D eigenvalue weighted by molar-refractivity contribution is 0.0891. The molecule has 3 atom stereocenters. The van der Waals surface area contributed by atoms with Gasteiger partial charge in [0.25, 0.3) is 0 Å². The van der Waals surface area contributed by atoms with Crippen LogP contribution < -0.4 is 5.32 Å². The summed E-state index contributed by atoms with van der Waals surface area (Å²) in [6.07, 6.45) is 5.72. The molecule has 1 aliphatic rings. The molecule has 0 saturated heterocycles. The molecular weight excluding hydrogens is 162 g/mol. The highest BCUT2D eigenvalue weighted by Crippen LogP contribution is 2.18. The predicted molar refractivity (Wildman–Crippen MR) is 55.7 cm³/mol. The second-order valence-electron chi connectivity index (χ2n) is 4.38. The van der Waals surface area contributed by atoms with E-state index in [2.05, 4.69) is 19.2 Å². The lowest BCUT2D eigenvalue weighted by Crippen LogP contribution is -2.43. The molecule has 0 bridgehead atoms. The van der Waals surface area contributed by atoms with E-state index in [1.807, 2.05) is 0 Å². The minimum absolute atomic E-state index is 0.0993. The topological polar surface area (TPSA) is 32.3 Å². The van der Waals surface area contributed by atoms with E-state index in [4.69, 9.17) is 0 Å². The van der Waals surface area contributed by atoms with Crippen LogP contribution in [0.3, 0.4) is 0 Å². The van der Waals surface area contributed by atoms with E-state index < -0.39 is 0 Å². The Morgan fingerprint density at radius 1 is 1.38 bits per heavy atom. The molecule has 0 spiro atoms. The Kier molecular flexibility index (Phi) is 4.74. The summed E-state index contributed by atoms with van der Waals surface area (Å²) in [5.41, 5.74) is 0. The Morgan fingerprint density at radius 2 is 2.08 bits per heavy atom. The SMILES string of the molecule is CC[C@H](C)CN[C@H]1CCCC[C@H]1O. The molecular formula is C11H23NO. The first-order valence-electron chi connectivity index (χ1n) is 5.65. The third kappa shape index (κ3) is 3.65. The summed E-state index contributed by atoms with van der Waals surface area (Å²) in [7, 11) is 0. The summed E-state index contributed by atoms with van der Waals surface area (Å²) >= 11 is 0. The van der Waals surface area contributed by atoms with Crippen molar-refractivity contribution in [3.8, 4) is 0 Å². The normalized spacial score (nSPS) is 31.6. The molecule has 0 aliphatic heterocycles. The first-order valence-corrected chi connectivity index (χ1v) is 5.65. The van der Waals surface area contributed by atoms with Crippen LogP contribution in [0.2, 0.25) is 0 Å². The molecule has 0 heterocycles. The first kappa shape index (κ1) is 11.0. The number of aliphatic hydroxyl groups excluding tert-OH is 1. The monoisotopic (exact) mass is 185 g/mol. The van der Waals surface area contributed by atoms with Gasteiger partial charge < -0.3 is 10.4 Å². The van der Waals surface area contributed by atoms with Crippen LogP contribution >= 0.6 is 0 Å². The molecule has 1 aliphatic carbocycles. The summed E-state index contributed by atoms with van der Waals surface area (Å²) in [5, 5.41) is 13.2. The van der Waals surface area contributed by atoms with Crippen molar-refractivity contribution < 1.29 is 5.11 Å². The van der Waals surface area contributed by atoms with E-state index in [1.54, 1.807) is 0 Å². The highest BCUT2D eigenvalue weighted by Gasteiger charge is 2.22. The quantitative estimate of drug-likeness (QED) is 0.701. The molecule has 0 amide bonds. The molecule has 1 saturated carbocycles. The third-order valence-corrected chi connectivity index (χ3v) is 3.15. The van der Waals surface area contributed by atoms with Crippen LogP contribution in [-0.2, 0) is 0 Å². The van der Waals surface area contributed by atoms with Crippen LogP contribution in [0, 0.1) is 5.92 Å². The van der Waals surface area contributed by atoms with Crippen LogP contribution in [-0.4, -0.2) is 23.8 Å². The zero-order valence-corrected chi connectivity index (χ0v) is 8.92. The number of hydrogen-bond donors (Lipinski definition) is 2. The number of aliphatic hydroxyl groups is 1. The fourth-order valence-electron chi connectivity index (χ4n) is 1.85. The second-order valence-corrected chi connectivity index (χ2v) is 4.38. The summed E-state index contributed by atoms with van der Waals surface area (Å²) in [6.45, 7) is 5.52. The molecule has 13 heavy (non-hydrogen) atoms. The summed E-state index contributed by atoms with van der Waals surface area (Å²) in [6, 6.07) is 0.364. The fourth-order valence-corrected chi connectivity index (χ4v) is 1.85. The molecule has 2 heteroatoms. The molecule has 1 fully saturated rings. The van der Waals surface area contributed by atoms with E-state index in [0.29, 0.717) is 6.04 Å². The highest BCUT2D eigenvalue weighted by atomic mass is 16.3. The largest absolute Gasteiger partial charge is 0.392 e. The average molecular weight is 185 g/mol. The van der Waals surface area contributed by atoms with Gasteiger partial charge in [-0.3, -0.25) is 0 Å². The summed E-state index contributed by atoms with van der Waals surface area (Å²) < 4.78 is 0. The van der Waals surface area contributed by atoms with Crippen LogP contribution in [0.25, 0.3) is 0 Å². The summed E-state index contributed by atoms with van der Waals surface area (Å²) in [5.74, 6) is 0.731. The maximum atomic E-state index is 9.69. The van der Waals surface area contributed by atoms with E-state index in [-0.39, 0.29) is 6.10 Å². The zero-order chi connectivity index (χ0) is 9.68. The molecule has 2 nitrogen and oxygen atoms in total. The minimum atomic E-state index is -0.0993. The van der Waals surface area contributed by atoms with Gasteiger partial charge in [0.1, 0.15) is 0 Å². The minimum Gasteiger partial charge on any atom is -0.392 e. The van der Waals surface area contributed by atoms with Gasteiger partial charge in [0.05, 0.1) is 6.10 Å². The standard InChI is InChI=1S/C11H23NO/c1-3-9(2)8-12-10-6-4-5-7-11(10)13/h9-13H,3-8H2,1-2H3/t9-,10-,11+/m0/s1. The van der Waals surface area contributed by atoms with Crippen molar-refractivity contribution in [2.45, 2.75) is 58.1 Å². The van der Waals surface area contributed by atoms with E-state index in [9.17, 15) is 5.11 Å². The zero-order valence-electron chi connectivity index (χ0n) is 8.92. The van der Waals surface area contributed by atoms with E-state index >= 15 is 0 Å². The number of hydrogen-bond acceptors (Lipinski definition) is 2. The Bertz CT molecular complexity index is 138. The van der Waals surface area contributed by atoms with Gasteiger partial charge in [-0.1, -0.05) is 33.1 Å². The third-order valence-electron chi connectivity index (χ3n) is 3.15. The van der Waals surface area contributed by atoms with Crippen molar-refractivity contribution in [2.24, 2.45) is 5.92 Å². The van der Waals surface area contributed by atoms with Crippen molar-refractivity contribution >= 4 is 0 Å². The van der Waals surface area contributed by atoms with E-state index in [0.717, 1.165) is 25.3 Å². The van der Waals surface area contributed by atoms with Gasteiger partial charge in [-0.15, -0.1) is 0 Å². The van der Waals surface area contributed by atoms with Crippen molar-refractivity contribution in [3.05, 3.63) is 0 Å². The van der Waals surface area contributed by atoms with Gasteiger partial charge in [-0.2, -0.15) is 0 Å². The molecule has 0 aromatic rings. The van der Waals surface area contributed by atoms with Gasteiger partial charge >= 0.3 is 0 Å². The van der Waals surface area contributed by atoms with Gasteiger partial charge in [0.15, 0.2) is 0 Å². The Hall–Kier alpha value is -0.0800. The highest BCUT2D eigenvalue weighted by molar-refractivity contribution is 4.80. The van der Waals surface area contributed by atoms with Gasteiger partial charge in [-0.05, 0) is 25.3 Å². The lowest BCUT2D eigenvalue weighted by Gasteiger charge is -2.29. The predicted octanol–water partition coefficient (Wildman–Crippen LogP) is 1.93. The Labute approximate surface area is 81.7 Å². The molecule has 1 rings (SSSR count). The Balaban J connectivity index is 2.18. The molecule has 0 aromatic carbocycles. The second kappa shape index (κ2) is 5.61. The van der Waals surface area contributed by atoms with E-state index in [1.165, 1.54) is 19.3 Å². The van der Waals surface area contributed by atoms with Gasteiger partial charge in [-0.25, -0.2) is 0 Å². The molecule has 0 aromatic heterocycles. The van der Waals surface area contributed by atoms with Crippen molar-refractivity contribution in [3.63, 3.8) is 0 Å². The van der Waals surface area contributed by atoms with Crippen molar-refractivity contribution in [2.75, 3.05) is 6.54 Å². The smallest absolute Gasteiger partial charge is 0.0693 e. The maximum Gasteiger partial charge on any atom is 0.0693 e. The first-order chi connectivity index (χ1) is 6.24. The molecule has 78 valence electrons. The van der Waals surface area contributed by atoms with Crippen molar-refractivity contribution in [1.82, 2.24) is 5.32 Å². The molecule has 2 N–H and O–H groups in total. The molecule has 0 radical (unpaired) electrons. The van der Waals surface area contributed by atoms with Crippen LogP contribution in [0.4, 0.5) is 0 Å².